The van der Waals surface area contributed by atoms with Gasteiger partial charge in [0.05, 0.1) is 0 Å². The summed E-state index contributed by atoms with van der Waals surface area (Å²) in [7, 11) is 1.89. The number of carbonyl (C=O) groups is 1. The zero-order valence-electron chi connectivity index (χ0n) is 13.7. The molecular weight excluding hydrogens is 321 g/mol. The minimum absolute atomic E-state index is 0.0161. The van der Waals surface area contributed by atoms with E-state index in [1.807, 2.05) is 11.9 Å². The number of likely N-dealkylation sites (tertiary alicyclic amines) is 1. The van der Waals surface area contributed by atoms with Gasteiger partial charge >= 0.3 is 6.36 Å². The summed E-state index contributed by atoms with van der Waals surface area (Å²) in [4.78, 5) is 14.2. The number of hydrogen-bond acceptors (Lipinski definition) is 3. The molecule has 1 amide bonds. The summed E-state index contributed by atoms with van der Waals surface area (Å²) in [6.07, 6.45) is -2.26. The number of aryl methyl sites for hydroxylation is 1. The van der Waals surface area contributed by atoms with E-state index in [2.05, 4.69) is 10.1 Å². The number of ether oxygens (including phenoxy) is 1. The number of piperidine rings is 1. The topological polar surface area (TPSA) is 41.6 Å². The molecular formula is C17H23F3N2O2. The molecule has 1 aliphatic heterocycles. The van der Waals surface area contributed by atoms with E-state index < -0.39 is 6.36 Å². The van der Waals surface area contributed by atoms with Gasteiger partial charge in [-0.15, -0.1) is 13.2 Å². The number of nitrogens with one attached hydrogen (secondary N) is 1. The van der Waals surface area contributed by atoms with Crippen LogP contribution in [0.4, 0.5) is 13.2 Å². The molecule has 24 heavy (non-hydrogen) atoms. The van der Waals surface area contributed by atoms with Crippen LogP contribution in [0.25, 0.3) is 0 Å². The van der Waals surface area contributed by atoms with Crippen molar-refractivity contribution in [1.29, 1.82) is 0 Å². The molecule has 0 unspecified atom stereocenters. The molecule has 0 radical (unpaired) electrons. The third-order valence-electron chi connectivity index (χ3n) is 4.17. The first-order valence-electron chi connectivity index (χ1n) is 8.15. The summed E-state index contributed by atoms with van der Waals surface area (Å²) in [6, 6.07) is 5.97. The highest BCUT2D eigenvalue weighted by atomic mass is 19.4. The monoisotopic (exact) mass is 344 g/mol. The molecule has 134 valence electrons. The standard InChI is InChI=1S/C17H23F3N2O2/c1-21-11-13-5-4-10-22(12-13)16(23)9-8-14-6-2-3-7-15(14)24-17(18,19)20/h2-3,6-7,13,21H,4-5,8-12H2,1H3/t13-/m0/s1. The van der Waals surface area contributed by atoms with Crippen molar-refractivity contribution in [2.45, 2.75) is 32.0 Å². The second-order valence-corrected chi connectivity index (χ2v) is 6.06. The molecule has 4 nitrogen and oxygen atoms in total. The summed E-state index contributed by atoms with van der Waals surface area (Å²) in [5.41, 5.74) is 0.395. The molecule has 2 rings (SSSR count). The summed E-state index contributed by atoms with van der Waals surface area (Å²) in [5, 5.41) is 3.12. The van der Waals surface area contributed by atoms with Gasteiger partial charge in [0, 0.05) is 19.5 Å². The van der Waals surface area contributed by atoms with E-state index >= 15 is 0 Å². The van der Waals surface area contributed by atoms with Gasteiger partial charge in [-0.05, 0) is 50.4 Å². The average molecular weight is 344 g/mol. The Bertz CT molecular complexity index is 547. The molecule has 0 spiro atoms. The average Bonchev–Trinajstić information content (AvgIpc) is 2.53. The van der Waals surface area contributed by atoms with Crippen LogP contribution in [0.15, 0.2) is 24.3 Å². The zero-order chi connectivity index (χ0) is 17.6. The Morgan fingerprint density at radius 1 is 1.38 bits per heavy atom. The Morgan fingerprint density at radius 2 is 2.12 bits per heavy atom. The van der Waals surface area contributed by atoms with Gasteiger partial charge in [0.2, 0.25) is 5.91 Å². The summed E-state index contributed by atoms with van der Waals surface area (Å²) >= 11 is 0. The van der Waals surface area contributed by atoms with E-state index in [-0.39, 0.29) is 24.5 Å². The third-order valence-corrected chi connectivity index (χ3v) is 4.17. The van der Waals surface area contributed by atoms with E-state index in [1.54, 1.807) is 12.1 Å². The Balaban J connectivity index is 1.92. The first-order valence-corrected chi connectivity index (χ1v) is 8.15. The van der Waals surface area contributed by atoms with Crippen LogP contribution < -0.4 is 10.1 Å². The maximum absolute atomic E-state index is 12.4. The SMILES string of the molecule is CNC[C@@H]1CCCN(C(=O)CCc2ccccc2OC(F)(F)F)C1. The quantitative estimate of drug-likeness (QED) is 0.863. The van der Waals surface area contributed by atoms with Crippen LogP contribution in [0, 0.1) is 5.92 Å². The van der Waals surface area contributed by atoms with Gasteiger partial charge in [0.25, 0.3) is 0 Å². The maximum atomic E-state index is 12.4. The molecule has 1 N–H and O–H groups in total. The Morgan fingerprint density at radius 3 is 2.83 bits per heavy atom. The minimum Gasteiger partial charge on any atom is -0.406 e. The van der Waals surface area contributed by atoms with Crippen LogP contribution in [0.5, 0.6) is 5.75 Å². The minimum atomic E-state index is -4.73. The van der Waals surface area contributed by atoms with Crippen molar-refractivity contribution in [2.24, 2.45) is 5.92 Å². The van der Waals surface area contributed by atoms with Gasteiger partial charge in [-0.2, -0.15) is 0 Å². The van der Waals surface area contributed by atoms with Crippen LogP contribution in [0.1, 0.15) is 24.8 Å². The van der Waals surface area contributed by atoms with Gasteiger partial charge in [0.15, 0.2) is 0 Å². The highest BCUT2D eigenvalue weighted by Gasteiger charge is 2.32. The number of carbonyl (C=O) groups excluding carboxylic acids is 1. The van der Waals surface area contributed by atoms with Gasteiger partial charge in [-0.25, -0.2) is 0 Å². The predicted molar refractivity (Wildman–Crippen MR) is 84.7 cm³/mol. The first-order chi connectivity index (χ1) is 11.4. The summed E-state index contributed by atoms with van der Waals surface area (Å²) in [5.74, 6) is 0.190. The largest absolute Gasteiger partial charge is 0.573 e. The van der Waals surface area contributed by atoms with E-state index in [9.17, 15) is 18.0 Å². The number of para-hydroxylation sites is 1. The maximum Gasteiger partial charge on any atom is 0.573 e. The highest BCUT2D eigenvalue weighted by molar-refractivity contribution is 5.76. The predicted octanol–water partition coefficient (Wildman–Crippen LogP) is 2.98. The lowest BCUT2D eigenvalue weighted by Crippen LogP contribution is -2.42. The molecule has 0 saturated carbocycles. The molecule has 1 aliphatic rings. The number of hydrogen-bond donors (Lipinski definition) is 1. The lowest BCUT2D eigenvalue weighted by atomic mass is 9.97. The molecule has 1 aromatic rings. The Kier molecular flexibility index (Phi) is 6.48. The van der Waals surface area contributed by atoms with Crippen molar-refractivity contribution in [1.82, 2.24) is 10.2 Å². The smallest absolute Gasteiger partial charge is 0.406 e. The fourth-order valence-electron chi connectivity index (χ4n) is 3.08. The zero-order valence-corrected chi connectivity index (χ0v) is 13.7. The number of amides is 1. The second-order valence-electron chi connectivity index (χ2n) is 6.06. The van der Waals surface area contributed by atoms with Gasteiger partial charge in [0.1, 0.15) is 5.75 Å². The van der Waals surface area contributed by atoms with E-state index in [0.717, 1.165) is 25.9 Å². The Hall–Kier alpha value is -1.76. The first kappa shape index (κ1) is 18.6. The van der Waals surface area contributed by atoms with Crippen molar-refractivity contribution in [3.63, 3.8) is 0 Å². The van der Waals surface area contributed by atoms with Crippen molar-refractivity contribution in [3.8, 4) is 5.75 Å². The molecule has 1 fully saturated rings. The number of alkyl halides is 3. The van der Waals surface area contributed by atoms with Crippen LogP contribution in [-0.2, 0) is 11.2 Å². The van der Waals surface area contributed by atoms with Crippen LogP contribution in [0.2, 0.25) is 0 Å². The number of rotatable bonds is 6. The Labute approximate surface area is 140 Å². The molecule has 1 aromatic carbocycles. The normalized spacial score (nSPS) is 18.5. The third kappa shape index (κ3) is 5.70. The molecule has 0 bridgehead atoms. The molecule has 1 heterocycles. The lowest BCUT2D eigenvalue weighted by Gasteiger charge is -2.32. The summed E-state index contributed by atoms with van der Waals surface area (Å²) < 4.78 is 41.3. The fourth-order valence-corrected chi connectivity index (χ4v) is 3.08. The van der Waals surface area contributed by atoms with Crippen molar-refractivity contribution >= 4 is 5.91 Å². The van der Waals surface area contributed by atoms with Crippen LogP contribution >= 0.6 is 0 Å². The van der Waals surface area contributed by atoms with E-state index in [1.165, 1.54) is 12.1 Å². The van der Waals surface area contributed by atoms with Crippen molar-refractivity contribution in [2.75, 3.05) is 26.7 Å². The molecule has 7 heteroatoms. The number of halogens is 3. The van der Waals surface area contributed by atoms with Crippen LogP contribution in [-0.4, -0.2) is 43.9 Å². The lowest BCUT2D eigenvalue weighted by molar-refractivity contribution is -0.274. The summed E-state index contributed by atoms with van der Waals surface area (Å²) in [6.45, 7) is 2.30. The number of nitrogens with zero attached hydrogens (tertiary/aromatic N) is 1. The molecule has 0 aliphatic carbocycles. The van der Waals surface area contributed by atoms with Crippen molar-refractivity contribution < 1.29 is 22.7 Å². The fraction of sp³-hybridized carbons (Fsp3) is 0.588. The van der Waals surface area contributed by atoms with E-state index in [4.69, 9.17) is 0 Å². The van der Waals surface area contributed by atoms with Gasteiger partial charge in [-0.1, -0.05) is 18.2 Å². The van der Waals surface area contributed by atoms with E-state index in [0.29, 0.717) is 18.0 Å². The molecule has 1 atom stereocenters. The van der Waals surface area contributed by atoms with Crippen LogP contribution in [0.3, 0.4) is 0 Å². The van der Waals surface area contributed by atoms with Crippen molar-refractivity contribution in [3.05, 3.63) is 29.8 Å². The molecule has 1 saturated heterocycles. The van der Waals surface area contributed by atoms with Gasteiger partial charge in [-0.3, -0.25) is 4.79 Å². The highest BCUT2D eigenvalue weighted by Crippen LogP contribution is 2.27. The van der Waals surface area contributed by atoms with Gasteiger partial charge < -0.3 is 15.0 Å². The number of benzene rings is 1. The molecule has 0 aromatic heterocycles. The second kappa shape index (κ2) is 8.37.